The molecule has 1 heterocycles. The van der Waals surface area contributed by atoms with Crippen LogP contribution in [0.25, 0.3) is 6.08 Å². The molecule has 138 valence electrons. The summed E-state index contributed by atoms with van der Waals surface area (Å²) in [6.45, 7) is 2.09. The average molecular weight is 431 g/mol. The summed E-state index contributed by atoms with van der Waals surface area (Å²) in [6.07, 6.45) is 1.34. The highest BCUT2D eigenvalue weighted by Gasteiger charge is 2.36. The number of nitrogens with zero attached hydrogens (tertiary/aromatic N) is 1. The average Bonchev–Trinajstić information content (AvgIpc) is 2.63. The summed E-state index contributed by atoms with van der Waals surface area (Å²) in [5.41, 5.74) is 0.586. The molecule has 7 nitrogen and oxygen atoms in total. The third kappa shape index (κ3) is 3.70. The van der Waals surface area contributed by atoms with Crippen LogP contribution >= 0.6 is 15.9 Å². The number of phenols is 1. The number of phenolic OH excluding ortho intramolecular Hbond substituents is 1. The standard InChI is InChI=1S/C19H15BrN2O5/c1-2-27-15-10-11(9-14(20)16(15)23)8-13-17(24)21-19(26)22(18(13)25)12-6-4-3-5-7-12/h3-10,23H,2H2,1H3,(H,21,24,26)/b13-8-. The van der Waals surface area contributed by atoms with Crippen molar-refractivity contribution >= 4 is 45.5 Å². The molecule has 1 aliphatic heterocycles. The Labute approximate surface area is 163 Å². The molecule has 0 aromatic heterocycles. The number of hydrogen-bond acceptors (Lipinski definition) is 5. The first-order valence-electron chi connectivity index (χ1n) is 8.04. The Morgan fingerprint density at radius 3 is 2.56 bits per heavy atom. The smallest absolute Gasteiger partial charge is 0.335 e. The zero-order valence-corrected chi connectivity index (χ0v) is 15.8. The predicted octanol–water partition coefficient (Wildman–Crippen LogP) is 3.22. The van der Waals surface area contributed by atoms with Gasteiger partial charge in [-0.25, -0.2) is 9.69 Å². The Hall–Kier alpha value is -3.13. The molecule has 4 amide bonds. The molecule has 0 unspecified atom stereocenters. The Bertz CT molecular complexity index is 956. The number of carbonyl (C=O) groups excluding carboxylic acids is 3. The molecular formula is C19H15BrN2O5. The number of hydrogen-bond donors (Lipinski definition) is 2. The molecule has 2 N–H and O–H groups in total. The summed E-state index contributed by atoms with van der Waals surface area (Å²) < 4.78 is 5.70. The van der Waals surface area contributed by atoms with Gasteiger partial charge in [-0.15, -0.1) is 0 Å². The number of imide groups is 2. The Balaban J connectivity index is 2.03. The van der Waals surface area contributed by atoms with Gasteiger partial charge in [0.15, 0.2) is 11.5 Å². The van der Waals surface area contributed by atoms with Crippen LogP contribution in [0.15, 0.2) is 52.5 Å². The highest BCUT2D eigenvalue weighted by atomic mass is 79.9. The first-order chi connectivity index (χ1) is 12.9. The topological polar surface area (TPSA) is 95.9 Å². The molecular weight excluding hydrogens is 416 g/mol. The van der Waals surface area contributed by atoms with Crippen LogP contribution in [0.4, 0.5) is 10.5 Å². The van der Waals surface area contributed by atoms with Gasteiger partial charge in [0.1, 0.15) is 5.57 Å². The van der Waals surface area contributed by atoms with Crippen LogP contribution in [0.5, 0.6) is 11.5 Å². The molecule has 2 aromatic rings. The van der Waals surface area contributed by atoms with Crippen LogP contribution < -0.4 is 15.0 Å². The number of ether oxygens (including phenoxy) is 1. The first kappa shape index (κ1) is 18.7. The van der Waals surface area contributed by atoms with Crippen molar-refractivity contribution in [3.63, 3.8) is 0 Å². The van der Waals surface area contributed by atoms with Gasteiger partial charge in [-0.05, 0) is 58.8 Å². The normalized spacial score (nSPS) is 15.9. The number of amides is 4. The molecule has 3 rings (SSSR count). The van der Waals surface area contributed by atoms with Crippen LogP contribution in [0.3, 0.4) is 0 Å². The fourth-order valence-electron chi connectivity index (χ4n) is 2.58. The number of anilines is 1. The van der Waals surface area contributed by atoms with Crippen molar-refractivity contribution in [1.82, 2.24) is 5.32 Å². The maximum atomic E-state index is 12.8. The van der Waals surface area contributed by atoms with E-state index in [-0.39, 0.29) is 17.1 Å². The number of rotatable bonds is 4. The van der Waals surface area contributed by atoms with Crippen molar-refractivity contribution in [2.75, 3.05) is 11.5 Å². The van der Waals surface area contributed by atoms with E-state index in [1.54, 1.807) is 37.3 Å². The third-order valence-electron chi connectivity index (χ3n) is 3.78. The first-order valence-corrected chi connectivity index (χ1v) is 8.83. The summed E-state index contributed by atoms with van der Waals surface area (Å²) >= 11 is 3.21. The van der Waals surface area contributed by atoms with Gasteiger partial charge in [0, 0.05) is 0 Å². The monoisotopic (exact) mass is 430 g/mol. The van der Waals surface area contributed by atoms with Gasteiger partial charge in [0.05, 0.1) is 16.8 Å². The van der Waals surface area contributed by atoms with Crippen molar-refractivity contribution in [3.8, 4) is 11.5 Å². The molecule has 8 heteroatoms. The number of nitrogens with one attached hydrogen (secondary N) is 1. The van der Waals surface area contributed by atoms with Crippen molar-refractivity contribution in [1.29, 1.82) is 0 Å². The minimum absolute atomic E-state index is 0.0838. The van der Waals surface area contributed by atoms with Crippen molar-refractivity contribution in [3.05, 3.63) is 58.1 Å². The van der Waals surface area contributed by atoms with Gasteiger partial charge in [-0.2, -0.15) is 0 Å². The maximum Gasteiger partial charge on any atom is 0.335 e. The Morgan fingerprint density at radius 1 is 1.19 bits per heavy atom. The summed E-state index contributed by atoms with van der Waals surface area (Å²) in [7, 11) is 0. The fourth-order valence-corrected chi connectivity index (χ4v) is 3.04. The van der Waals surface area contributed by atoms with Crippen LogP contribution in [0.1, 0.15) is 12.5 Å². The fraction of sp³-hybridized carbons (Fsp3) is 0.105. The van der Waals surface area contributed by atoms with Gasteiger partial charge in [-0.3, -0.25) is 14.9 Å². The Morgan fingerprint density at radius 2 is 1.89 bits per heavy atom. The van der Waals surface area contributed by atoms with E-state index in [0.29, 0.717) is 22.3 Å². The number of urea groups is 1. The zero-order valence-electron chi connectivity index (χ0n) is 14.2. The molecule has 2 aromatic carbocycles. The van der Waals surface area contributed by atoms with Crippen molar-refractivity contribution in [2.45, 2.75) is 6.92 Å². The van der Waals surface area contributed by atoms with Gasteiger partial charge in [0.2, 0.25) is 0 Å². The van der Waals surface area contributed by atoms with E-state index in [1.807, 2.05) is 0 Å². The Kier molecular flexibility index (Phi) is 5.27. The van der Waals surface area contributed by atoms with E-state index in [2.05, 4.69) is 21.2 Å². The predicted molar refractivity (Wildman–Crippen MR) is 102 cm³/mol. The van der Waals surface area contributed by atoms with E-state index >= 15 is 0 Å². The minimum atomic E-state index is -0.810. The molecule has 27 heavy (non-hydrogen) atoms. The molecule has 0 saturated carbocycles. The molecule has 1 aliphatic rings. The van der Waals surface area contributed by atoms with Gasteiger partial charge >= 0.3 is 6.03 Å². The quantitative estimate of drug-likeness (QED) is 0.573. The molecule has 0 spiro atoms. The van der Waals surface area contributed by atoms with Crippen molar-refractivity contribution in [2.24, 2.45) is 0 Å². The third-order valence-corrected chi connectivity index (χ3v) is 4.38. The molecule has 0 aliphatic carbocycles. The number of halogens is 1. The largest absolute Gasteiger partial charge is 0.503 e. The van der Waals surface area contributed by atoms with E-state index in [4.69, 9.17) is 4.74 Å². The van der Waals surface area contributed by atoms with Crippen LogP contribution in [0.2, 0.25) is 0 Å². The second-order valence-electron chi connectivity index (χ2n) is 5.58. The van der Waals surface area contributed by atoms with Crippen LogP contribution in [-0.4, -0.2) is 29.6 Å². The van der Waals surface area contributed by atoms with Gasteiger partial charge in [0.25, 0.3) is 11.8 Å². The van der Waals surface area contributed by atoms with Gasteiger partial charge in [-0.1, -0.05) is 18.2 Å². The van der Waals surface area contributed by atoms with E-state index in [0.717, 1.165) is 4.90 Å². The zero-order chi connectivity index (χ0) is 19.6. The highest BCUT2D eigenvalue weighted by molar-refractivity contribution is 9.10. The van der Waals surface area contributed by atoms with Gasteiger partial charge < -0.3 is 9.84 Å². The number of benzene rings is 2. The lowest BCUT2D eigenvalue weighted by atomic mass is 10.1. The van der Waals surface area contributed by atoms with Crippen LogP contribution in [0, 0.1) is 0 Å². The second-order valence-corrected chi connectivity index (χ2v) is 6.43. The number of carbonyl (C=O) groups is 3. The molecule has 1 fully saturated rings. The minimum Gasteiger partial charge on any atom is -0.503 e. The molecule has 0 atom stereocenters. The van der Waals surface area contributed by atoms with E-state index < -0.39 is 17.8 Å². The number of aromatic hydroxyl groups is 1. The summed E-state index contributed by atoms with van der Waals surface area (Å²) in [5, 5.41) is 12.2. The maximum absolute atomic E-state index is 12.8. The number of barbiturate groups is 1. The summed E-state index contributed by atoms with van der Waals surface area (Å²) in [4.78, 5) is 38.0. The van der Waals surface area contributed by atoms with E-state index in [1.165, 1.54) is 18.2 Å². The lowest BCUT2D eigenvalue weighted by molar-refractivity contribution is -0.122. The lowest BCUT2D eigenvalue weighted by Gasteiger charge is -2.26. The molecule has 0 radical (unpaired) electrons. The summed E-state index contributed by atoms with van der Waals surface area (Å²) in [5.74, 6) is -1.41. The second kappa shape index (κ2) is 7.63. The SMILES string of the molecule is CCOc1cc(/C=C2/C(=O)NC(=O)N(c3ccccc3)C2=O)cc(Br)c1O. The highest BCUT2D eigenvalue weighted by Crippen LogP contribution is 2.36. The van der Waals surface area contributed by atoms with Crippen LogP contribution in [-0.2, 0) is 9.59 Å². The molecule has 0 bridgehead atoms. The van der Waals surface area contributed by atoms with Crippen molar-refractivity contribution < 1.29 is 24.2 Å². The number of para-hydroxylation sites is 1. The lowest BCUT2D eigenvalue weighted by Crippen LogP contribution is -2.54. The summed E-state index contributed by atoms with van der Waals surface area (Å²) in [6, 6.07) is 10.5. The molecule has 1 saturated heterocycles. The van der Waals surface area contributed by atoms with E-state index in [9.17, 15) is 19.5 Å².